The van der Waals surface area contributed by atoms with Crippen LogP contribution in [0.2, 0.25) is 0 Å². The number of oxime groups is 1. The smallest absolute Gasteiger partial charge is 0.140 e. The van der Waals surface area contributed by atoms with Crippen LogP contribution in [0.15, 0.2) is 5.16 Å². The second-order valence-corrected chi connectivity index (χ2v) is 6.29. The van der Waals surface area contributed by atoms with Gasteiger partial charge < -0.3 is 20.4 Å². The number of nitrogens with zero attached hydrogens (tertiary/aromatic N) is 2. The number of nitrogens with two attached hydrogens (primary N) is 1. The fourth-order valence-corrected chi connectivity index (χ4v) is 3.51. The number of hydrogen-bond acceptors (Lipinski definition) is 5. The van der Waals surface area contributed by atoms with Gasteiger partial charge in [0.25, 0.3) is 0 Å². The molecule has 0 aromatic rings. The maximum absolute atomic E-state index is 8.69. The molecule has 3 rings (SSSR count). The highest BCUT2D eigenvalue weighted by Crippen LogP contribution is 2.38. The van der Waals surface area contributed by atoms with Gasteiger partial charge in [-0.1, -0.05) is 5.16 Å². The van der Waals surface area contributed by atoms with Crippen molar-refractivity contribution >= 4 is 5.84 Å². The number of rotatable bonds is 5. The highest BCUT2D eigenvalue weighted by atomic mass is 16.6. The van der Waals surface area contributed by atoms with Crippen molar-refractivity contribution in [3.63, 3.8) is 0 Å². The molecule has 1 spiro atoms. The summed E-state index contributed by atoms with van der Waals surface area (Å²) in [5.74, 6) is 0.321. The molecule has 1 saturated carbocycles. The third kappa shape index (κ3) is 3.07. The average Bonchev–Trinajstić information content (AvgIpc) is 3.21. The molecule has 0 amide bonds. The summed E-state index contributed by atoms with van der Waals surface area (Å²) in [6.07, 6.45) is 6.33. The molecular formula is C14H25N3O3. The zero-order chi connectivity index (χ0) is 14.0. The van der Waals surface area contributed by atoms with E-state index in [2.05, 4.69) is 10.1 Å². The van der Waals surface area contributed by atoms with E-state index in [0.717, 1.165) is 45.6 Å². The van der Waals surface area contributed by atoms with Gasteiger partial charge in [-0.2, -0.15) is 0 Å². The minimum atomic E-state index is -0.0489. The molecule has 0 aromatic carbocycles. The molecule has 6 heteroatoms. The van der Waals surface area contributed by atoms with E-state index in [9.17, 15) is 0 Å². The summed E-state index contributed by atoms with van der Waals surface area (Å²) in [5.41, 5.74) is 5.57. The Labute approximate surface area is 119 Å². The monoisotopic (exact) mass is 283 g/mol. The lowest BCUT2D eigenvalue weighted by Crippen LogP contribution is -2.50. The zero-order valence-corrected chi connectivity index (χ0v) is 12.0. The Morgan fingerprint density at radius 2 is 2.15 bits per heavy atom. The maximum atomic E-state index is 8.69. The molecule has 0 aromatic heterocycles. The summed E-state index contributed by atoms with van der Waals surface area (Å²) in [5, 5.41) is 11.8. The van der Waals surface area contributed by atoms with Crippen LogP contribution in [0, 0.1) is 0 Å². The minimum absolute atomic E-state index is 0.0489. The van der Waals surface area contributed by atoms with Gasteiger partial charge in [0, 0.05) is 44.7 Å². The fraction of sp³-hybridized carbons (Fsp3) is 0.929. The summed E-state index contributed by atoms with van der Waals surface area (Å²) < 4.78 is 11.6. The predicted octanol–water partition coefficient (Wildman–Crippen LogP) is 0.925. The predicted molar refractivity (Wildman–Crippen MR) is 74.9 cm³/mol. The first-order valence-electron chi connectivity index (χ1n) is 7.66. The second kappa shape index (κ2) is 5.87. The largest absolute Gasteiger partial charge is 0.409 e. The summed E-state index contributed by atoms with van der Waals surface area (Å²) in [6.45, 7) is 3.26. The van der Waals surface area contributed by atoms with Crippen LogP contribution in [0.5, 0.6) is 0 Å². The molecule has 2 aliphatic heterocycles. The van der Waals surface area contributed by atoms with E-state index in [4.69, 9.17) is 20.4 Å². The Bertz CT molecular complexity index is 365. The first-order valence-corrected chi connectivity index (χ1v) is 7.66. The average molecular weight is 283 g/mol. The standard InChI is InChI=1S/C14H25N3O3/c15-13(16-18)3-6-17(11-1-2-11)12-4-7-20-14(9-12)5-8-19-10-14/h11-12,18H,1-10H2,(H2,15,16). The molecule has 0 bridgehead atoms. The van der Waals surface area contributed by atoms with Gasteiger partial charge in [0.2, 0.25) is 0 Å². The quantitative estimate of drug-likeness (QED) is 0.339. The van der Waals surface area contributed by atoms with Crippen molar-refractivity contribution in [3.8, 4) is 0 Å². The molecule has 2 atom stereocenters. The molecule has 3 N–H and O–H groups in total. The van der Waals surface area contributed by atoms with Crippen molar-refractivity contribution in [3.05, 3.63) is 0 Å². The van der Waals surface area contributed by atoms with Crippen LogP contribution in [-0.4, -0.2) is 60.0 Å². The number of hydrogen-bond donors (Lipinski definition) is 2. The lowest BCUT2D eigenvalue weighted by atomic mass is 9.88. The van der Waals surface area contributed by atoms with Crippen LogP contribution in [0.25, 0.3) is 0 Å². The summed E-state index contributed by atoms with van der Waals surface area (Å²) in [4.78, 5) is 2.56. The van der Waals surface area contributed by atoms with Crippen molar-refractivity contribution in [2.75, 3.05) is 26.4 Å². The molecule has 1 aliphatic carbocycles. The van der Waals surface area contributed by atoms with Gasteiger partial charge in [0.1, 0.15) is 5.84 Å². The SMILES string of the molecule is NC(CCN(C1CC1)C1CCOC2(CCOC2)C1)=NO. The first-order chi connectivity index (χ1) is 9.72. The van der Waals surface area contributed by atoms with Crippen molar-refractivity contribution in [2.45, 2.75) is 56.2 Å². The summed E-state index contributed by atoms with van der Waals surface area (Å²) in [7, 11) is 0. The lowest BCUT2D eigenvalue weighted by Gasteiger charge is -2.42. The Hall–Kier alpha value is -0.850. The van der Waals surface area contributed by atoms with Crippen LogP contribution in [-0.2, 0) is 9.47 Å². The molecule has 3 fully saturated rings. The second-order valence-electron chi connectivity index (χ2n) is 6.29. The maximum Gasteiger partial charge on any atom is 0.140 e. The van der Waals surface area contributed by atoms with Crippen LogP contribution < -0.4 is 5.73 Å². The van der Waals surface area contributed by atoms with Crippen molar-refractivity contribution < 1.29 is 14.7 Å². The third-order valence-corrected chi connectivity index (χ3v) is 4.77. The Morgan fingerprint density at radius 1 is 1.30 bits per heavy atom. The van der Waals surface area contributed by atoms with Gasteiger partial charge in [0.15, 0.2) is 0 Å². The van der Waals surface area contributed by atoms with Gasteiger partial charge in [-0.15, -0.1) is 0 Å². The Balaban J connectivity index is 1.61. The Morgan fingerprint density at radius 3 is 2.80 bits per heavy atom. The molecular weight excluding hydrogens is 258 g/mol. The summed E-state index contributed by atoms with van der Waals surface area (Å²) in [6, 6.07) is 1.23. The first kappa shape index (κ1) is 14.1. The van der Waals surface area contributed by atoms with Crippen molar-refractivity contribution in [1.82, 2.24) is 4.90 Å². The molecule has 3 aliphatic rings. The van der Waals surface area contributed by atoms with E-state index >= 15 is 0 Å². The van der Waals surface area contributed by atoms with Crippen LogP contribution >= 0.6 is 0 Å². The van der Waals surface area contributed by atoms with Crippen molar-refractivity contribution in [1.29, 1.82) is 0 Å². The van der Waals surface area contributed by atoms with Gasteiger partial charge in [0.05, 0.1) is 12.2 Å². The van der Waals surface area contributed by atoms with Gasteiger partial charge >= 0.3 is 0 Å². The normalized spacial score (nSPS) is 35.0. The minimum Gasteiger partial charge on any atom is -0.409 e. The molecule has 20 heavy (non-hydrogen) atoms. The zero-order valence-electron chi connectivity index (χ0n) is 12.0. The van der Waals surface area contributed by atoms with Gasteiger partial charge in [-0.25, -0.2) is 0 Å². The van der Waals surface area contributed by atoms with Crippen LogP contribution in [0.4, 0.5) is 0 Å². The topological polar surface area (TPSA) is 80.3 Å². The van der Waals surface area contributed by atoms with Crippen molar-refractivity contribution in [2.24, 2.45) is 10.9 Å². The summed E-state index contributed by atoms with van der Waals surface area (Å²) >= 11 is 0. The third-order valence-electron chi connectivity index (χ3n) is 4.77. The molecule has 114 valence electrons. The molecule has 2 heterocycles. The van der Waals surface area contributed by atoms with E-state index in [0.29, 0.717) is 24.3 Å². The number of ether oxygens (including phenoxy) is 2. The lowest BCUT2D eigenvalue weighted by molar-refractivity contribution is -0.107. The van der Waals surface area contributed by atoms with Gasteiger partial charge in [-0.3, -0.25) is 4.90 Å². The van der Waals surface area contributed by atoms with E-state index in [1.807, 2.05) is 0 Å². The Kier molecular flexibility index (Phi) is 4.14. The van der Waals surface area contributed by atoms with Crippen LogP contribution in [0.3, 0.4) is 0 Å². The van der Waals surface area contributed by atoms with Crippen LogP contribution in [0.1, 0.15) is 38.5 Å². The van der Waals surface area contributed by atoms with E-state index < -0.39 is 0 Å². The molecule has 2 saturated heterocycles. The molecule has 2 unspecified atom stereocenters. The van der Waals surface area contributed by atoms with E-state index in [1.165, 1.54) is 12.8 Å². The molecule has 6 nitrogen and oxygen atoms in total. The fourth-order valence-electron chi connectivity index (χ4n) is 3.51. The molecule has 0 radical (unpaired) electrons. The van der Waals surface area contributed by atoms with E-state index in [1.54, 1.807) is 0 Å². The van der Waals surface area contributed by atoms with E-state index in [-0.39, 0.29) is 5.60 Å². The highest BCUT2D eigenvalue weighted by Gasteiger charge is 2.44. The van der Waals surface area contributed by atoms with Gasteiger partial charge in [-0.05, 0) is 25.7 Å². The highest BCUT2D eigenvalue weighted by molar-refractivity contribution is 5.79. The number of amidine groups is 1.